The molecule has 21 heavy (non-hydrogen) atoms. The molecular formula is C17H19ClFNO. The Morgan fingerprint density at radius 3 is 2.62 bits per heavy atom. The number of ether oxygens (including phenoxy) is 1. The van der Waals surface area contributed by atoms with Crippen LogP contribution in [0.5, 0.6) is 5.75 Å². The average Bonchev–Trinajstić information content (AvgIpc) is 2.46. The van der Waals surface area contributed by atoms with Crippen LogP contribution in [0.3, 0.4) is 0 Å². The number of benzene rings is 2. The van der Waals surface area contributed by atoms with E-state index in [1.54, 1.807) is 25.3 Å². The van der Waals surface area contributed by atoms with Gasteiger partial charge in [-0.1, -0.05) is 37.6 Å². The summed E-state index contributed by atoms with van der Waals surface area (Å²) in [6, 6.07) is 10.7. The molecule has 0 aliphatic rings. The standard InChI is InChI=1S/C17H19ClFNO/c1-11(2)20-10-13-8-14(19)5-6-15(13)12-4-7-16(18)17(9-12)21-3/h4-9,11,20H,10H2,1-3H3. The number of hydrogen-bond donors (Lipinski definition) is 1. The monoisotopic (exact) mass is 307 g/mol. The van der Waals surface area contributed by atoms with E-state index >= 15 is 0 Å². The Morgan fingerprint density at radius 2 is 1.95 bits per heavy atom. The maximum absolute atomic E-state index is 13.5. The minimum Gasteiger partial charge on any atom is -0.495 e. The van der Waals surface area contributed by atoms with Crippen LogP contribution in [0.15, 0.2) is 36.4 Å². The van der Waals surface area contributed by atoms with Crippen molar-refractivity contribution in [1.82, 2.24) is 5.32 Å². The van der Waals surface area contributed by atoms with Gasteiger partial charge in [-0.3, -0.25) is 0 Å². The second-order valence-electron chi connectivity index (χ2n) is 5.19. The van der Waals surface area contributed by atoms with E-state index in [1.165, 1.54) is 6.07 Å². The molecule has 4 heteroatoms. The predicted molar refractivity (Wildman–Crippen MR) is 85.4 cm³/mol. The van der Waals surface area contributed by atoms with Gasteiger partial charge in [0.15, 0.2) is 0 Å². The van der Waals surface area contributed by atoms with Gasteiger partial charge in [0.1, 0.15) is 11.6 Å². The zero-order valence-corrected chi connectivity index (χ0v) is 13.2. The SMILES string of the molecule is COc1cc(-c2ccc(F)cc2CNC(C)C)ccc1Cl. The Kier molecular flexibility index (Phi) is 5.21. The van der Waals surface area contributed by atoms with E-state index in [0.29, 0.717) is 23.4 Å². The summed E-state index contributed by atoms with van der Waals surface area (Å²) >= 11 is 6.05. The van der Waals surface area contributed by atoms with Crippen LogP contribution >= 0.6 is 11.6 Å². The molecular weight excluding hydrogens is 289 g/mol. The summed E-state index contributed by atoms with van der Waals surface area (Å²) in [5, 5.41) is 3.88. The molecule has 2 nitrogen and oxygen atoms in total. The van der Waals surface area contributed by atoms with Gasteiger partial charge in [-0.15, -0.1) is 0 Å². The molecule has 0 amide bonds. The summed E-state index contributed by atoms with van der Waals surface area (Å²) in [7, 11) is 1.58. The van der Waals surface area contributed by atoms with Gasteiger partial charge in [0.2, 0.25) is 0 Å². The zero-order valence-electron chi connectivity index (χ0n) is 12.4. The van der Waals surface area contributed by atoms with Crippen LogP contribution in [0.1, 0.15) is 19.4 Å². The van der Waals surface area contributed by atoms with Gasteiger partial charge in [-0.2, -0.15) is 0 Å². The third kappa shape index (κ3) is 3.96. The number of hydrogen-bond acceptors (Lipinski definition) is 2. The molecule has 0 heterocycles. The van der Waals surface area contributed by atoms with E-state index in [1.807, 2.05) is 12.1 Å². The lowest BCUT2D eigenvalue weighted by atomic mass is 9.99. The first-order chi connectivity index (χ1) is 10.0. The molecule has 1 N–H and O–H groups in total. The van der Waals surface area contributed by atoms with Crippen molar-refractivity contribution in [2.45, 2.75) is 26.4 Å². The lowest BCUT2D eigenvalue weighted by Crippen LogP contribution is -2.22. The number of halogens is 2. The van der Waals surface area contributed by atoms with Crippen molar-refractivity contribution in [1.29, 1.82) is 0 Å². The number of nitrogens with one attached hydrogen (secondary N) is 1. The molecule has 0 saturated carbocycles. The second-order valence-corrected chi connectivity index (χ2v) is 5.59. The highest BCUT2D eigenvalue weighted by atomic mass is 35.5. The van der Waals surface area contributed by atoms with E-state index in [-0.39, 0.29) is 5.82 Å². The maximum atomic E-state index is 13.5. The van der Waals surface area contributed by atoms with E-state index in [2.05, 4.69) is 19.2 Å². The molecule has 0 saturated heterocycles. The van der Waals surface area contributed by atoms with Gasteiger partial charge in [0.05, 0.1) is 12.1 Å². The number of methoxy groups -OCH3 is 1. The number of rotatable bonds is 5. The molecule has 0 aliphatic carbocycles. The normalized spacial score (nSPS) is 11.0. The summed E-state index contributed by atoms with van der Waals surface area (Å²) in [6.07, 6.45) is 0. The van der Waals surface area contributed by atoms with Gasteiger partial charge in [-0.25, -0.2) is 4.39 Å². The predicted octanol–water partition coefficient (Wildman–Crippen LogP) is 4.65. The van der Waals surface area contributed by atoms with E-state index in [9.17, 15) is 4.39 Å². The Hall–Kier alpha value is -1.58. The van der Waals surface area contributed by atoms with Gasteiger partial charge in [0, 0.05) is 12.6 Å². The Balaban J connectivity index is 2.42. The van der Waals surface area contributed by atoms with Crippen molar-refractivity contribution in [3.05, 3.63) is 52.8 Å². The lowest BCUT2D eigenvalue weighted by molar-refractivity contribution is 0.415. The third-order valence-electron chi connectivity index (χ3n) is 3.23. The molecule has 0 aliphatic heterocycles. The molecule has 0 radical (unpaired) electrons. The van der Waals surface area contributed by atoms with Crippen molar-refractivity contribution in [2.24, 2.45) is 0 Å². The fourth-order valence-electron chi connectivity index (χ4n) is 2.13. The molecule has 2 aromatic rings. The summed E-state index contributed by atoms with van der Waals surface area (Å²) in [5.41, 5.74) is 2.84. The summed E-state index contributed by atoms with van der Waals surface area (Å²) < 4.78 is 18.8. The largest absolute Gasteiger partial charge is 0.495 e. The van der Waals surface area contributed by atoms with Gasteiger partial charge < -0.3 is 10.1 Å². The highest BCUT2D eigenvalue weighted by Crippen LogP contribution is 2.32. The Labute approximate surface area is 129 Å². The minimum absolute atomic E-state index is 0.236. The van der Waals surface area contributed by atoms with Crippen LogP contribution < -0.4 is 10.1 Å². The summed E-state index contributed by atoms with van der Waals surface area (Å²) in [4.78, 5) is 0. The molecule has 0 atom stereocenters. The van der Waals surface area contributed by atoms with Gasteiger partial charge >= 0.3 is 0 Å². The Bertz CT molecular complexity index is 628. The highest BCUT2D eigenvalue weighted by molar-refractivity contribution is 6.32. The van der Waals surface area contributed by atoms with Crippen LogP contribution in [0.2, 0.25) is 5.02 Å². The topological polar surface area (TPSA) is 21.3 Å². The fraction of sp³-hybridized carbons (Fsp3) is 0.294. The molecule has 0 spiro atoms. The van der Waals surface area contributed by atoms with Crippen molar-refractivity contribution < 1.29 is 9.13 Å². The summed E-state index contributed by atoms with van der Waals surface area (Å²) in [6.45, 7) is 4.73. The van der Waals surface area contributed by atoms with Crippen LogP contribution in [-0.2, 0) is 6.54 Å². The van der Waals surface area contributed by atoms with Crippen LogP contribution in [0, 0.1) is 5.82 Å². The second kappa shape index (κ2) is 6.92. The summed E-state index contributed by atoms with van der Waals surface area (Å²) in [5.74, 6) is 0.376. The van der Waals surface area contributed by atoms with Crippen molar-refractivity contribution >= 4 is 11.6 Å². The van der Waals surface area contributed by atoms with Crippen LogP contribution in [0.25, 0.3) is 11.1 Å². The van der Waals surface area contributed by atoms with E-state index < -0.39 is 0 Å². The minimum atomic E-state index is -0.236. The first-order valence-corrected chi connectivity index (χ1v) is 7.24. The Morgan fingerprint density at radius 1 is 1.19 bits per heavy atom. The molecule has 112 valence electrons. The van der Waals surface area contributed by atoms with Crippen LogP contribution in [-0.4, -0.2) is 13.2 Å². The van der Waals surface area contributed by atoms with Crippen molar-refractivity contribution in [3.63, 3.8) is 0 Å². The molecule has 0 bridgehead atoms. The first-order valence-electron chi connectivity index (χ1n) is 6.87. The molecule has 0 aromatic heterocycles. The fourth-order valence-corrected chi connectivity index (χ4v) is 2.33. The third-order valence-corrected chi connectivity index (χ3v) is 3.54. The first kappa shape index (κ1) is 15.8. The molecule has 0 fully saturated rings. The van der Waals surface area contributed by atoms with Gasteiger partial charge in [0.25, 0.3) is 0 Å². The van der Waals surface area contributed by atoms with E-state index in [0.717, 1.165) is 16.7 Å². The molecule has 2 rings (SSSR count). The average molecular weight is 308 g/mol. The quantitative estimate of drug-likeness (QED) is 0.868. The van der Waals surface area contributed by atoms with Crippen LogP contribution in [0.4, 0.5) is 4.39 Å². The van der Waals surface area contributed by atoms with Crippen molar-refractivity contribution in [3.8, 4) is 16.9 Å². The molecule has 0 unspecified atom stereocenters. The van der Waals surface area contributed by atoms with Crippen molar-refractivity contribution in [2.75, 3.05) is 7.11 Å². The van der Waals surface area contributed by atoms with E-state index in [4.69, 9.17) is 16.3 Å². The smallest absolute Gasteiger partial charge is 0.138 e. The zero-order chi connectivity index (χ0) is 15.4. The maximum Gasteiger partial charge on any atom is 0.138 e. The lowest BCUT2D eigenvalue weighted by Gasteiger charge is -2.14. The molecule has 2 aromatic carbocycles. The van der Waals surface area contributed by atoms with Gasteiger partial charge in [-0.05, 0) is 41.0 Å². The highest BCUT2D eigenvalue weighted by Gasteiger charge is 2.10.